The number of nitrogens with zero attached hydrogens (tertiary/aromatic N) is 1. The number of hydrogen-bond donors (Lipinski definition) is 1. The molecule has 0 atom stereocenters. The minimum absolute atomic E-state index is 0.0968. The van der Waals surface area contributed by atoms with Crippen LogP contribution < -0.4 is 10.1 Å². The Morgan fingerprint density at radius 3 is 2.57 bits per heavy atom. The number of carbonyl (C=O) groups excluding carboxylic acids is 1. The van der Waals surface area contributed by atoms with Crippen molar-refractivity contribution in [3.05, 3.63) is 65.7 Å². The second-order valence-electron chi connectivity index (χ2n) is 5.51. The molecule has 0 unspecified atom stereocenters. The lowest BCUT2D eigenvalue weighted by atomic mass is 10.1. The van der Waals surface area contributed by atoms with Gasteiger partial charge in [0.2, 0.25) is 5.91 Å². The van der Waals surface area contributed by atoms with Crippen molar-refractivity contribution in [2.75, 3.05) is 27.2 Å². The van der Waals surface area contributed by atoms with Crippen LogP contribution >= 0.6 is 0 Å². The number of carbonyl (C=O) groups is 1. The summed E-state index contributed by atoms with van der Waals surface area (Å²) in [6, 6.07) is 18.0. The molecule has 0 saturated heterocycles. The summed E-state index contributed by atoms with van der Waals surface area (Å²) in [5, 5.41) is 3.21. The highest BCUT2D eigenvalue weighted by Gasteiger charge is 2.08. The molecule has 2 rings (SSSR count). The summed E-state index contributed by atoms with van der Waals surface area (Å²) in [6.07, 6.45) is 0.868. The zero-order valence-corrected chi connectivity index (χ0v) is 13.8. The van der Waals surface area contributed by atoms with Gasteiger partial charge in [-0.2, -0.15) is 0 Å². The number of methoxy groups -OCH3 is 1. The molecular formula is C19H24N2O2. The fraction of sp³-hybridized carbons (Fsp3) is 0.316. The lowest BCUT2D eigenvalue weighted by molar-refractivity contribution is -0.129. The van der Waals surface area contributed by atoms with Crippen molar-refractivity contribution in [3.8, 4) is 5.75 Å². The van der Waals surface area contributed by atoms with Crippen LogP contribution in [0.2, 0.25) is 0 Å². The first-order valence-corrected chi connectivity index (χ1v) is 7.80. The van der Waals surface area contributed by atoms with Crippen LogP contribution in [0.25, 0.3) is 0 Å². The van der Waals surface area contributed by atoms with E-state index in [0.29, 0.717) is 13.1 Å². The molecule has 2 aromatic carbocycles. The van der Waals surface area contributed by atoms with Crippen LogP contribution in [0.1, 0.15) is 11.1 Å². The Kier molecular flexibility index (Phi) is 6.63. The van der Waals surface area contributed by atoms with E-state index in [1.165, 1.54) is 5.56 Å². The summed E-state index contributed by atoms with van der Waals surface area (Å²) < 4.78 is 5.21. The maximum atomic E-state index is 12.1. The van der Waals surface area contributed by atoms with Crippen LogP contribution in [-0.2, 0) is 17.8 Å². The van der Waals surface area contributed by atoms with E-state index in [2.05, 4.69) is 11.4 Å². The maximum absolute atomic E-state index is 12.1. The van der Waals surface area contributed by atoms with Crippen molar-refractivity contribution in [2.24, 2.45) is 0 Å². The summed E-state index contributed by atoms with van der Waals surface area (Å²) >= 11 is 0. The van der Waals surface area contributed by atoms with Gasteiger partial charge in [-0.1, -0.05) is 42.5 Å². The maximum Gasteiger partial charge on any atom is 0.236 e. The van der Waals surface area contributed by atoms with Crippen molar-refractivity contribution in [1.82, 2.24) is 10.2 Å². The van der Waals surface area contributed by atoms with Gasteiger partial charge in [-0.3, -0.25) is 4.79 Å². The Morgan fingerprint density at radius 1 is 1.09 bits per heavy atom. The molecule has 23 heavy (non-hydrogen) atoms. The summed E-state index contributed by atoms with van der Waals surface area (Å²) in [6.45, 7) is 1.75. The van der Waals surface area contributed by atoms with E-state index in [1.54, 1.807) is 12.0 Å². The number of likely N-dealkylation sites (N-methyl/N-ethyl adjacent to an activating group) is 1. The predicted octanol–water partition coefficient (Wildman–Crippen LogP) is 2.49. The van der Waals surface area contributed by atoms with Gasteiger partial charge >= 0.3 is 0 Å². The Bertz CT molecular complexity index is 614. The van der Waals surface area contributed by atoms with Crippen LogP contribution in [0.5, 0.6) is 5.75 Å². The number of hydrogen-bond acceptors (Lipinski definition) is 3. The number of ether oxygens (including phenoxy) is 1. The highest BCUT2D eigenvalue weighted by molar-refractivity contribution is 5.77. The van der Waals surface area contributed by atoms with Gasteiger partial charge in [0.25, 0.3) is 0 Å². The third-order valence-corrected chi connectivity index (χ3v) is 3.69. The summed E-state index contributed by atoms with van der Waals surface area (Å²) in [4.78, 5) is 13.8. The zero-order valence-electron chi connectivity index (χ0n) is 13.8. The van der Waals surface area contributed by atoms with Crippen LogP contribution in [0.4, 0.5) is 0 Å². The van der Waals surface area contributed by atoms with E-state index in [9.17, 15) is 4.79 Å². The number of benzene rings is 2. The third kappa shape index (κ3) is 5.75. The number of amides is 1. The number of nitrogens with one attached hydrogen (secondary N) is 1. The molecule has 0 bridgehead atoms. The smallest absolute Gasteiger partial charge is 0.236 e. The first kappa shape index (κ1) is 17.0. The zero-order chi connectivity index (χ0) is 16.5. The van der Waals surface area contributed by atoms with Crippen molar-refractivity contribution in [2.45, 2.75) is 13.0 Å². The first-order valence-electron chi connectivity index (χ1n) is 7.80. The number of rotatable bonds is 8. The van der Waals surface area contributed by atoms with Gasteiger partial charge in [0.05, 0.1) is 13.7 Å². The normalized spacial score (nSPS) is 10.3. The van der Waals surface area contributed by atoms with Gasteiger partial charge in [0, 0.05) is 13.6 Å². The van der Waals surface area contributed by atoms with Gasteiger partial charge in [0.1, 0.15) is 5.75 Å². The largest absolute Gasteiger partial charge is 0.497 e. The van der Waals surface area contributed by atoms with E-state index in [4.69, 9.17) is 4.74 Å². The lowest BCUT2D eigenvalue weighted by Gasteiger charge is -2.17. The highest BCUT2D eigenvalue weighted by atomic mass is 16.5. The van der Waals surface area contributed by atoms with Crippen LogP contribution in [0.3, 0.4) is 0 Å². The fourth-order valence-corrected chi connectivity index (χ4v) is 2.34. The molecule has 0 aromatic heterocycles. The van der Waals surface area contributed by atoms with Crippen molar-refractivity contribution < 1.29 is 9.53 Å². The standard InChI is InChI=1S/C19H24N2O2/c1-21(15-17-7-4-3-5-8-17)19(22)14-20-12-11-16-9-6-10-18(13-16)23-2/h3-10,13,20H,11-12,14-15H2,1-2H3. The summed E-state index contributed by atoms with van der Waals surface area (Å²) in [7, 11) is 3.50. The molecule has 2 aromatic rings. The summed E-state index contributed by atoms with van der Waals surface area (Å²) in [5.74, 6) is 0.959. The van der Waals surface area contributed by atoms with Gasteiger partial charge in [0.15, 0.2) is 0 Å². The van der Waals surface area contributed by atoms with Crippen LogP contribution in [0, 0.1) is 0 Å². The Hall–Kier alpha value is -2.33. The molecular weight excluding hydrogens is 288 g/mol. The van der Waals surface area contributed by atoms with Crippen molar-refractivity contribution in [1.29, 1.82) is 0 Å². The van der Waals surface area contributed by atoms with Crippen LogP contribution in [-0.4, -0.2) is 38.1 Å². The second kappa shape index (κ2) is 8.96. The Balaban J connectivity index is 1.69. The molecule has 0 radical (unpaired) electrons. The average molecular weight is 312 g/mol. The molecule has 0 aliphatic heterocycles. The molecule has 0 saturated carbocycles. The van der Waals surface area contributed by atoms with E-state index in [-0.39, 0.29) is 5.91 Å². The van der Waals surface area contributed by atoms with E-state index in [0.717, 1.165) is 24.3 Å². The second-order valence-corrected chi connectivity index (χ2v) is 5.51. The molecule has 1 amide bonds. The van der Waals surface area contributed by atoms with Gasteiger partial charge in [-0.25, -0.2) is 0 Å². The van der Waals surface area contributed by atoms with E-state index < -0.39 is 0 Å². The Morgan fingerprint density at radius 2 is 1.83 bits per heavy atom. The fourth-order valence-electron chi connectivity index (χ4n) is 2.34. The molecule has 122 valence electrons. The molecule has 0 heterocycles. The highest BCUT2D eigenvalue weighted by Crippen LogP contribution is 2.12. The molecule has 1 N–H and O–H groups in total. The Labute approximate surface area is 138 Å². The topological polar surface area (TPSA) is 41.6 Å². The monoisotopic (exact) mass is 312 g/mol. The van der Waals surface area contributed by atoms with Gasteiger partial charge < -0.3 is 15.0 Å². The predicted molar refractivity (Wildman–Crippen MR) is 92.5 cm³/mol. The van der Waals surface area contributed by atoms with Crippen LogP contribution in [0.15, 0.2) is 54.6 Å². The lowest BCUT2D eigenvalue weighted by Crippen LogP contribution is -2.35. The molecule has 0 aliphatic carbocycles. The quantitative estimate of drug-likeness (QED) is 0.762. The van der Waals surface area contributed by atoms with Crippen molar-refractivity contribution in [3.63, 3.8) is 0 Å². The van der Waals surface area contributed by atoms with E-state index >= 15 is 0 Å². The van der Waals surface area contributed by atoms with E-state index in [1.807, 2.05) is 55.6 Å². The molecule has 4 heteroatoms. The SMILES string of the molecule is COc1cccc(CCNCC(=O)N(C)Cc2ccccc2)c1. The molecule has 0 fully saturated rings. The third-order valence-electron chi connectivity index (χ3n) is 3.69. The molecule has 0 aliphatic rings. The average Bonchev–Trinajstić information content (AvgIpc) is 2.59. The molecule has 0 spiro atoms. The van der Waals surface area contributed by atoms with Gasteiger partial charge in [-0.05, 0) is 36.2 Å². The minimum atomic E-state index is 0.0968. The first-order chi connectivity index (χ1) is 11.2. The van der Waals surface area contributed by atoms with Gasteiger partial charge in [-0.15, -0.1) is 0 Å². The molecule has 4 nitrogen and oxygen atoms in total. The van der Waals surface area contributed by atoms with Crippen molar-refractivity contribution >= 4 is 5.91 Å². The minimum Gasteiger partial charge on any atom is -0.497 e. The summed E-state index contributed by atoms with van der Waals surface area (Å²) in [5.41, 5.74) is 2.33.